The Labute approximate surface area is 103 Å². The van der Waals surface area contributed by atoms with E-state index in [0.29, 0.717) is 25.2 Å². The van der Waals surface area contributed by atoms with Crippen LogP contribution in [0, 0.1) is 6.92 Å². The molecule has 1 aromatic carbocycles. The van der Waals surface area contributed by atoms with Gasteiger partial charge in [0.05, 0.1) is 0 Å². The van der Waals surface area contributed by atoms with E-state index in [0.717, 1.165) is 5.56 Å². The minimum Gasteiger partial charge on any atom is -0.330 e. The molecule has 0 fully saturated rings. The van der Waals surface area contributed by atoms with E-state index in [1.807, 2.05) is 19.1 Å². The average molecular weight is 257 g/mol. The van der Waals surface area contributed by atoms with Gasteiger partial charge in [-0.2, -0.15) is 12.7 Å². The van der Waals surface area contributed by atoms with Crippen molar-refractivity contribution < 1.29 is 8.42 Å². The molecular weight excluding hydrogens is 238 g/mol. The highest BCUT2D eigenvalue weighted by atomic mass is 32.2. The van der Waals surface area contributed by atoms with Gasteiger partial charge in [-0.3, -0.25) is 4.72 Å². The highest BCUT2D eigenvalue weighted by Crippen LogP contribution is 2.12. The predicted octanol–water partition coefficient (Wildman–Crippen LogP) is 0.932. The van der Waals surface area contributed by atoms with Gasteiger partial charge in [-0.15, -0.1) is 0 Å². The van der Waals surface area contributed by atoms with Gasteiger partial charge >= 0.3 is 10.2 Å². The second-order valence-corrected chi connectivity index (χ2v) is 5.71. The van der Waals surface area contributed by atoms with Crippen LogP contribution in [0.1, 0.15) is 12.0 Å². The number of rotatable bonds is 6. The average Bonchev–Trinajstić information content (AvgIpc) is 2.28. The topological polar surface area (TPSA) is 75.4 Å². The normalized spacial score (nSPS) is 11.8. The van der Waals surface area contributed by atoms with Gasteiger partial charge in [0.25, 0.3) is 0 Å². The first-order chi connectivity index (χ1) is 7.95. The summed E-state index contributed by atoms with van der Waals surface area (Å²) in [6, 6.07) is 7.20. The zero-order valence-corrected chi connectivity index (χ0v) is 11.0. The number of nitrogens with one attached hydrogen (secondary N) is 1. The van der Waals surface area contributed by atoms with E-state index in [9.17, 15) is 8.42 Å². The SMILES string of the molecule is Cc1ccc(NS(=O)(=O)N(C)CCCN)cc1. The summed E-state index contributed by atoms with van der Waals surface area (Å²) in [5.41, 5.74) is 7.00. The molecule has 0 spiro atoms. The summed E-state index contributed by atoms with van der Waals surface area (Å²) in [6.07, 6.45) is 0.644. The molecule has 0 aliphatic heterocycles. The lowest BCUT2D eigenvalue weighted by Crippen LogP contribution is -2.34. The van der Waals surface area contributed by atoms with E-state index in [2.05, 4.69) is 4.72 Å². The molecule has 0 aliphatic carbocycles. The van der Waals surface area contributed by atoms with Crippen molar-refractivity contribution >= 4 is 15.9 Å². The van der Waals surface area contributed by atoms with E-state index in [4.69, 9.17) is 5.73 Å². The van der Waals surface area contributed by atoms with Crippen LogP contribution in [0.15, 0.2) is 24.3 Å². The Balaban J connectivity index is 2.69. The van der Waals surface area contributed by atoms with Crippen LogP contribution < -0.4 is 10.5 Å². The molecule has 0 amide bonds. The molecule has 96 valence electrons. The van der Waals surface area contributed by atoms with Crippen LogP contribution in [0.25, 0.3) is 0 Å². The first-order valence-corrected chi connectivity index (χ1v) is 6.90. The summed E-state index contributed by atoms with van der Waals surface area (Å²) in [5.74, 6) is 0. The Morgan fingerprint density at radius 2 is 1.88 bits per heavy atom. The van der Waals surface area contributed by atoms with Gasteiger partial charge in [-0.25, -0.2) is 0 Å². The first kappa shape index (κ1) is 14.0. The molecule has 0 bridgehead atoms. The molecule has 0 unspecified atom stereocenters. The quantitative estimate of drug-likeness (QED) is 0.796. The van der Waals surface area contributed by atoms with Gasteiger partial charge in [0.1, 0.15) is 0 Å². The Morgan fingerprint density at radius 1 is 1.29 bits per heavy atom. The molecule has 0 saturated carbocycles. The van der Waals surface area contributed by atoms with Crippen LogP contribution in [0.3, 0.4) is 0 Å². The Morgan fingerprint density at radius 3 is 2.41 bits per heavy atom. The molecular formula is C11H19N3O2S. The highest BCUT2D eigenvalue weighted by molar-refractivity contribution is 7.90. The number of anilines is 1. The van der Waals surface area contributed by atoms with Crippen LogP contribution in [0.2, 0.25) is 0 Å². The third-order valence-corrected chi connectivity index (χ3v) is 3.88. The lowest BCUT2D eigenvalue weighted by Gasteiger charge is -2.17. The van der Waals surface area contributed by atoms with Crippen LogP contribution in [-0.4, -0.2) is 32.9 Å². The molecule has 3 N–H and O–H groups in total. The fourth-order valence-electron chi connectivity index (χ4n) is 1.28. The molecule has 1 aromatic rings. The maximum absolute atomic E-state index is 11.9. The van der Waals surface area contributed by atoms with Crippen LogP contribution in [0.4, 0.5) is 5.69 Å². The van der Waals surface area contributed by atoms with Crippen LogP contribution in [0.5, 0.6) is 0 Å². The Kier molecular flexibility index (Phi) is 4.92. The van der Waals surface area contributed by atoms with E-state index >= 15 is 0 Å². The van der Waals surface area contributed by atoms with Crippen molar-refractivity contribution in [2.45, 2.75) is 13.3 Å². The van der Waals surface area contributed by atoms with Crippen LogP contribution in [-0.2, 0) is 10.2 Å². The minimum atomic E-state index is -3.47. The predicted molar refractivity (Wildman–Crippen MR) is 70.0 cm³/mol. The Hall–Kier alpha value is -1.11. The molecule has 0 aliphatic rings. The monoisotopic (exact) mass is 257 g/mol. The van der Waals surface area contributed by atoms with Gasteiger partial charge in [-0.05, 0) is 32.0 Å². The molecule has 5 nitrogen and oxygen atoms in total. The standard InChI is InChI=1S/C11H19N3O2S/c1-10-4-6-11(7-5-10)13-17(15,16)14(2)9-3-8-12/h4-7,13H,3,8-9,12H2,1-2H3. The number of aryl methyl sites for hydroxylation is 1. The summed E-state index contributed by atoms with van der Waals surface area (Å²) in [5, 5.41) is 0. The van der Waals surface area contributed by atoms with Crippen molar-refractivity contribution in [1.82, 2.24) is 4.31 Å². The number of benzene rings is 1. The van der Waals surface area contributed by atoms with Crippen molar-refractivity contribution in [2.24, 2.45) is 5.73 Å². The van der Waals surface area contributed by atoms with E-state index in [-0.39, 0.29) is 0 Å². The third-order valence-electron chi connectivity index (χ3n) is 2.39. The zero-order valence-electron chi connectivity index (χ0n) is 10.2. The number of nitrogens with zero attached hydrogens (tertiary/aromatic N) is 1. The van der Waals surface area contributed by atoms with Crippen molar-refractivity contribution in [3.05, 3.63) is 29.8 Å². The molecule has 1 rings (SSSR count). The largest absolute Gasteiger partial charge is 0.330 e. The van der Waals surface area contributed by atoms with Gasteiger partial charge in [0.2, 0.25) is 0 Å². The summed E-state index contributed by atoms with van der Waals surface area (Å²) in [7, 11) is -1.94. The molecule has 0 radical (unpaired) electrons. The van der Waals surface area contributed by atoms with Gasteiger partial charge in [0, 0.05) is 19.3 Å². The summed E-state index contributed by atoms with van der Waals surface area (Å²) >= 11 is 0. The van der Waals surface area contributed by atoms with Crippen molar-refractivity contribution in [3.63, 3.8) is 0 Å². The summed E-state index contributed by atoms with van der Waals surface area (Å²) in [4.78, 5) is 0. The fourth-order valence-corrected chi connectivity index (χ4v) is 2.24. The number of nitrogens with two attached hydrogens (primary N) is 1. The van der Waals surface area contributed by atoms with Gasteiger partial charge < -0.3 is 5.73 Å². The van der Waals surface area contributed by atoms with E-state index in [1.54, 1.807) is 12.1 Å². The summed E-state index contributed by atoms with van der Waals surface area (Å²) in [6.45, 7) is 2.84. The van der Waals surface area contributed by atoms with Crippen molar-refractivity contribution in [2.75, 3.05) is 24.9 Å². The smallest absolute Gasteiger partial charge is 0.301 e. The number of hydrogen-bond donors (Lipinski definition) is 2. The second-order valence-electron chi connectivity index (χ2n) is 3.94. The molecule has 6 heteroatoms. The minimum absolute atomic E-state index is 0.414. The Bertz CT molecular complexity index is 442. The molecule has 0 heterocycles. The van der Waals surface area contributed by atoms with Crippen LogP contribution >= 0.6 is 0 Å². The fraction of sp³-hybridized carbons (Fsp3) is 0.455. The van der Waals surface area contributed by atoms with E-state index < -0.39 is 10.2 Å². The number of hydrogen-bond acceptors (Lipinski definition) is 3. The third kappa shape index (κ3) is 4.33. The maximum Gasteiger partial charge on any atom is 0.301 e. The maximum atomic E-state index is 11.9. The van der Waals surface area contributed by atoms with Gasteiger partial charge in [0.15, 0.2) is 0 Å². The molecule has 0 aromatic heterocycles. The molecule has 0 atom stereocenters. The lowest BCUT2D eigenvalue weighted by atomic mass is 10.2. The van der Waals surface area contributed by atoms with E-state index in [1.165, 1.54) is 11.4 Å². The molecule has 17 heavy (non-hydrogen) atoms. The first-order valence-electron chi connectivity index (χ1n) is 5.46. The molecule has 0 saturated heterocycles. The van der Waals surface area contributed by atoms with Gasteiger partial charge in [-0.1, -0.05) is 17.7 Å². The highest BCUT2D eigenvalue weighted by Gasteiger charge is 2.16. The second kappa shape index (κ2) is 6.00. The lowest BCUT2D eigenvalue weighted by molar-refractivity contribution is 0.468. The van der Waals surface area contributed by atoms with Crippen molar-refractivity contribution in [3.8, 4) is 0 Å². The summed E-state index contributed by atoms with van der Waals surface area (Å²) < 4.78 is 27.5. The zero-order chi connectivity index (χ0) is 12.9. The van der Waals surface area contributed by atoms with Crippen molar-refractivity contribution in [1.29, 1.82) is 0 Å².